The number of halogens is 6. The third kappa shape index (κ3) is 2.68. The van der Waals surface area contributed by atoms with Gasteiger partial charge in [0, 0.05) is 0 Å². The van der Waals surface area contributed by atoms with Gasteiger partial charge in [-0.15, -0.1) is 0 Å². The maximum absolute atomic E-state index is 12.3. The molecule has 0 aliphatic rings. The van der Waals surface area contributed by atoms with E-state index >= 15 is 0 Å². The molecule has 0 aliphatic carbocycles. The molecule has 10 heteroatoms. The number of aromatic amines is 1. The summed E-state index contributed by atoms with van der Waals surface area (Å²) in [4.78, 5) is 10.4. The van der Waals surface area contributed by atoms with Crippen LogP contribution in [-0.2, 0) is 0 Å². The van der Waals surface area contributed by atoms with Gasteiger partial charge in [0.1, 0.15) is 5.56 Å². The summed E-state index contributed by atoms with van der Waals surface area (Å²) in [5.74, 6) is -5.82. The molecule has 0 saturated carbocycles. The fourth-order valence-electron chi connectivity index (χ4n) is 1.20. The van der Waals surface area contributed by atoms with Crippen molar-refractivity contribution in [1.29, 1.82) is 0 Å². The van der Waals surface area contributed by atoms with Crippen LogP contribution in [0.3, 0.4) is 0 Å². The van der Waals surface area contributed by atoms with E-state index in [1.54, 1.807) is 0 Å². The lowest BCUT2D eigenvalue weighted by atomic mass is 10.0. The van der Waals surface area contributed by atoms with Crippen LogP contribution in [0.2, 0.25) is 0 Å². The highest BCUT2D eigenvalue weighted by molar-refractivity contribution is 5.88. The fourth-order valence-corrected chi connectivity index (χ4v) is 1.20. The van der Waals surface area contributed by atoms with E-state index in [1.165, 1.54) is 5.10 Å². The van der Waals surface area contributed by atoms with Gasteiger partial charge in [0.15, 0.2) is 5.92 Å². The average Bonchev–Trinajstić information content (AvgIpc) is 2.46. The minimum atomic E-state index is -5.66. The smallest absolute Gasteiger partial charge is 0.406 e. The van der Waals surface area contributed by atoms with E-state index in [1.807, 2.05) is 0 Å². The lowest BCUT2D eigenvalue weighted by Crippen LogP contribution is -2.35. The number of alkyl halides is 6. The molecule has 0 aliphatic heterocycles. The summed E-state index contributed by atoms with van der Waals surface area (Å²) in [6.07, 6.45) is -10.9. The van der Waals surface area contributed by atoms with Crippen LogP contribution in [-0.4, -0.2) is 33.6 Å². The molecule has 2 N–H and O–H groups in total. The number of aromatic carboxylic acids is 1. The highest BCUT2D eigenvalue weighted by Crippen LogP contribution is 2.46. The largest absolute Gasteiger partial charge is 0.478 e. The van der Waals surface area contributed by atoms with E-state index in [-0.39, 0.29) is 0 Å². The maximum atomic E-state index is 12.3. The molecule has 0 bridgehead atoms. The van der Waals surface area contributed by atoms with E-state index in [9.17, 15) is 31.1 Å². The third-order valence-electron chi connectivity index (χ3n) is 1.84. The van der Waals surface area contributed by atoms with Crippen molar-refractivity contribution < 1.29 is 36.2 Å². The van der Waals surface area contributed by atoms with Crippen LogP contribution in [0.1, 0.15) is 22.0 Å². The van der Waals surface area contributed by atoms with Crippen molar-refractivity contribution in [2.75, 3.05) is 0 Å². The minimum Gasteiger partial charge on any atom is -0.478 e. The molecular weight excluding hydrogens is 258 g/mol. The monoisotopic (exact) mass is 262 g/mol. The molecular formula is C7H4F6N2O2. The van der Waals surface area contributed by atoms with Gasteiger partial charge in [0.2, 0.25) is 0 Å². The molecule has 0 atom stereocenters. The number of carbonyl (C=O) groups is 1. The van der Waals surface area contributed by atoms with E-state index in [0.717, 1.165) is 0 Å². The van der Waals surface area contributed by atoms with Crippen molar-refractivity contribution in [3.05, 3.63) is 17.5 Å². The first-order valence-corrected chi connectivity index (χ1v) is 3.95. The standard InChI is InChI=1S/C7H4F6N2O2/c8-6(9,10)4(7(11,12)13)3-2(5(16)17)1-14-15-3/h1,4H,(H,14,15)(H,16,17). The van der Waals surface area contributed by atoms with Crippen LogP contribution < -0.4 is 0 Å². The minimum absolute atomic E-state index is 0.391. The molecule has 1 aromatic rings. The average molecular weight is 262 g/mol. The van der Waals surface area contributed by atoms with Gasteiger partial charge in [-0.3, -0.25) is 5.10 Å². The van der Waals surface area contributed by atoms with Crippen molar-refractivity contribution in [2.45, 2.75) is 18.3 Å². The Kier molecular flexibility index (Phi) is 3.08. The van der Waals surface area contributed by atoms with E-state index in [0.29, 0.717) is 6.20 Å². The lowest BCUT2D eigenvalue weighted by Gasteiger charge is -2.22. The number of carboxylic acids is 1. The van der Waals surface area contributed by atoms with Crippen LogP contribution >= 0.6 is 0 Å². The number of carboxylic acid groups (broad SMARTS) is 1. The van der Waals surface area contributed by atoms with Crippen LogP contribution in [0.25, 0.3) is 0 Å². The summed E-state index contributed by atoms with van der Waals surface area (Å²) in [6, 6.07) is 0. The quantitative estimate of drug-likeness (QED) is 0.804. The first kappa shape index (κ1) is 13.3. The number of rotatable bonds is 2. The van der Waals surface area contributed by atoms with Crippen molar-refractivity contribution in [3.8, 4) is 0 Å². The molecule has 0 saturated heterocycles. The second kappa shape index (κ2) is 3.93. The summed E-state index contributed by atoms with van der Waals surface area (Å²) < 4.78 is 73.6. The van der Waals surface area contributed by atoms with E-state index in [4.69, 9.17) is 5.11 Å². The van der Waals surface area contributed by atoms with Crippen LogP contribution in [0.15, 0.2) is 6.20 Å². The summed E-state index contributed by atoms with van der Waals surface area (Å²) in [5, 5.41) is 12.8. The Labute approximate surface area is 89.2 Å². The van der Waals surface area contributed by atoms with Crippen LogP contribution in [0.5, 0.6) is 0 Å². The molecule has 0 unspecified atom stereocenters. The number of hydrogen-bond donors (Lipinski definition) is 2. The molecule has 1 aromatic heterocycles. The van der Waals surface area contributed by atoms with Gasteiger partial charge in [-0.25, -0.2) is 4.79 Å². The van der Waals surface area contributed by atoms with Gasteiger partial charge in [-0.05, 0) is 0 Å². The Morgan fingerprint density at radius 1 is 1.24 bits per heavy atom. The summed E-state index contributed by atoms with van der Waals surface area (Å²) in [6.45, 7) is 0. The second-order valence-corrected chi connectivity index (χ2v) is 3.02. The molecule has 1 heterocycles. The Balaban J connectivity index is 3.34. The lowest BCUT2D eigenvalue weighted by molar-refractivity contribution is -0.254. The number of nitrogens with one attached hydrogen (secondary N) is 1. The van der Waals surface area contributed by atoms with Gasteiger partial charge >= 0.3 is 18.3 Å². The Hall–Kier alpha value is -1.74. The van der Waals surface area contributed by atoms with Crippen LogP contribution in [0.4, 0.5) is 26.3 Å². The molecule has 0 aromatic carbocycles. The Morgan fingerprint density at radius 3 is 2.06 bits per heavy atom. The Morgan fingerprint density at radius 2 is 1.71 bits per heavy atom. The molecule has 0 spiro atoms. The van der Waals surface area contributed by atoms with Crippen molar-refractivity contribution >= 4 is 5.97 Å². The van der Waals surface area contributed by atoms with Crippen LogP contribution in [0, 0.1) is 0 Å². The molecule has 17 heavy (non-hydrogen) atoms. The fraction of sp³-hybridized carbons (Fsp3) is 0.429. The highest BCUT2D eigenvalue weighted by atomic mass is 19.4. The van der Waals surface area contributed by atoms with Crippen molar-refractivity contribution in [3.63, 3.8) is 0 Å². The molecule has 1 rings (SSSR count). The maximum Gasteiger partial charge on any atom is 0.406 e. The predicted octanol–water partition coefficient (Wildman–Crippen LogP) is 2.32. The van der Waals surface area contributed by atoms with E-state index < -0.39 is 35.5 Å². The zero-order chi connectivity index (χ0) is 13.4. The van der Waals surface area contributed by atoms with Gasteiger partial charge in [0.25, 0.3) is 0 Å². The normalized spacial score (nSPS) is 13.1. The van der Waals surface area contributed by atoms with Gasteiger partial charge < -0.3 is 5.11 Å². The van der Waals surface area contributed by atoms with Gasteiger partial charge in [-0.2, -0.15) is 31.4 Å². The highest BCUT2D eigenvalue weighted by Gasteiger charge is 2.59. The van der Waals surface area contributed by atoms with Crippen molar-refractivity contribution in [2.24, 2.45) is 0 Å². The first-order valence-electron chi connectivity index (χ1n) is 3.95. The topological polar surface area (TPSA) is 66.0 Å². The number of nitrogens with zero attached hydrogens (tertiary/aromatic N) is 1. The SMILES string of the molecule is O=C(O)c1cn[nH]c1C(C(F)(F)F)C(F)(F)F. The Bertz CT molecular complexity index is 407. The third-order valence-corrected chi connectivity index (χ3v) is 1.84. The first-order chi connectivity index (χ1) is 7.55. The zero-order valence-corrected chi connectivity index (χ0v) is 7.73. The molecule has 0 fully saturated rings. The van der Waals surface area contributed by atoms with Gasteiger partial charge in [-0.1, -0.05) is 0 Å². The summed E-state index contributed by atoms with van der Waals surface area (Å²) >= 11 is 0. The molecule has 96 valence electrons. The van der Waals surface area contributed by atoms with Gasteiger partial charge in [0.05, 0.1) is 11.9 Å². The molecule has 4 nitrogen and oxygen atoms in total. The predicted molar refractivity (Wildman–Crippen MR) is 40.4 cm³/mol. The summed E-state index contributed by atoms with van der Waals surface area (Å²) in [5.41, 5.74) is -2.69. The second-order valence-electron chi connectivity index (χ2n) is 3.02. The number of aromatic nitrogens is 2. The number of H-pyrrole nitrogens is 1. The molecule has 0 radical (unpaired) electrons. The van der Waals surface area contributed by atoms with Crippen molar-refractivity contribution in [1.82, 2.24) is 10.2 Å². The number of hydrogen-bond acceptors (Lipinski definition) is 2. The van der Waals surface area contributed by atoms with E-state index in [2.05, 4.69) is 5.10 Å². The molecule has 0 amide bonds. The summed E-state index contributed by atoms with van der Waals surface area (Å²) in [7, 11) is 0. The zero-order valence-electron chi connectivity index (χ0n) is 7.73.